The Balaban J connectivity index is 1.50. The number of amides is 1. The van der Waals surface area contributed by atoms with E-state index in [0.717, 1.165) is 31.4 Å². The predicted octanol–water partition coefficient (Wildman–Crippen LogP) is 3.39. The maximum Gasteiger partial charge on any atom is 0.416 e. The molecule has 1 aromatic heterocycles. The average Bonchev–Trinajstić information content (AvgIpc) is 3.13. The van der Waals surface area contributed by atoms with Crippen LogP contribution in [0.4, 0.5) is 13.2 Å². The highest BCUT2D eigenvalue weighted by atomic mass is 19.4. The summed E-state index contributed by atoms with van der Waals surface area (Å²) in [5.74, 6) is 1.02. The minimum Gasteiger partial charge on any atom is -0.338 e. The molecule has 0 saturated carbocycles. The van der Waals surface area contributed by atoms with E-state index in [9.17, 15) is 18.0 Å². The second kappa shape index (κ2) is 8.72. The lowest BCUT2D eigenvalue weighted by Gasteiger charge is -2.34. The fourth-order valence-corrected chi connectivity index (χ4v) is 3.08. The molecule has 1 saturated heterocycles. The van der Waals surface area contributed by atoms with Crippen molar-refractivity contribution in [3.63, 3.8) is 0 Å². The number of aryl methyl sites for hydroxylation is 1. The van der Waals surface area contributed by atoms with E-state index in [1.807, 2.05) is 0 Å². The molecule has 2 heterocycles. The van der Waals surface area contributed by atoms with E-state index in [-0.39, 0.29) is 11.5 Å². The van der Waals surface area contributed by atoms with Crippen LogP contribution in [0.15, 0.2) is 28.8 Å². The Morgan fingerprint density at radius 3 is 2.43 bits per heavy atom. The van der Waals surface area contributed by atoms with Gasteiger partial charge in [0.15, 0.2) is 5.82 Å². The van der Waals surface area contributed by atoms with Gasteiger partial charge in [0, 0.05) is 38.2 Å². The van der Waals surface area contributed by atoms with Crippen LogP contribution in [0, 0.1) is 0 Å². The van der Waals surface area contributed by atoms with Crippen molar-refractivity contribution in [2.45, 2.75) is 38.9 Å². The van der Waals surface area contributed by atoms with E-state index in [0.29, 0.717) is 44.4 Å². The van der Waals surface area contributed by atoms with Gasteiger partial charge in [-0.3, -0.25) is 9.69 Å². The topological polar surface area (TPSA) is 62.5 Å². The second-order valence-corrected chi connectivity index (χ2v) is 6.85. The number of alkyl halides is 3. The Kier molecular flexibility index (Phi) is 6.33. The van der Waals surface area contributed by atoms with Crippen molar-refractivity contribution in [1.29, 1.82) is 0 Å². The molecule has 9 heteroatoms. The number of hydrogen-bond acceptors (Lipinski definition) is 5. The first-order valence-electron chi connectivity index (χ1n) is 9.37. The fourth-order valence-electron chi connectivity index (χ4n) is 3.08. The highest BCUT2D eigenvalue weighted by molar-refractivity contribution is 5.94. The Hall–Kier alpha value is -2.42. The zero-order valence-corrected chi connectivity index (χ0v) is 15.7. The predicted molar refractivity (Wildman–Crippen MR) is 95.5 cm³/mol. The number of carbonyl (C=O) groups excluding carboxylic acids is 1. The minimum absolute atomic E-state index is 0.256. The normalized spacial score (nSPS) is 15.8. The molecule has 1 aliphatic heterocycles. The van der Waals surface area contributed by atoms with Gasteiger partial charge >= 0.3 is 6.18 Å². The van der Waals surface area contributed by atoms with Crippen molar-refractivity contribution in [1.82, 2.24) is 19.9 Å². The molecule has 3 rings (SSSR count). The summed E-state index contributed by atoms with van der Waals surface area (Å²) >= 11 is 0. The molecule has 0 radical (unpaired) electrons. The van der Waals surface area contributed by atoms with E-state index in [2.05, 4.69) is 22.0 Å². The van der Waals surface area contributed by atoms with Gasteiger partial charge in [0.2, 0.25) is 5.89 Å². The molecule has 152 valence electrons. The van der Waals surface area contributed by atoms with Gasteiger partial charge in [-0.05, 0) is 30.7 Å². The standard InChI is InChI=1S/C19H23F3N4O2/c1-2-3-4-16-23-17(28-24-16)13-25-9-11-26(12-10-25)18(27)14-5-7-15(8-6-14)19(20,21)22/h5-8H,2-4,9-13H2,1H3. The van der Waals surface area contributed by atoms with Gasteiger partial charge in [-0.2, -0.15) is 18.2 Å². The third kappa shape index (κ3) is 5.09. The summed E-state index contributed by atoms with van der Waals surface area (Å²) in [4.78, 5) is 20.7. The monoisotopic (exact) mass is 396 g/mol. The molecular weight excluding hydrogens is 373 g/mol. The number of carbonyl (C=O) groups is 1. The van der Waals surface area contributed by atoms with Gasteiger partial charge in [-0.15, -0.1) is 0 Å². The van der Waals surface area contributed by atoms with Crippen molar-refractivity contribution >= 4 is 5.91 Å². The third-order valence-electron chi connectivity index (χ3n) is 4.74. The van der Waals surface area contributed by atoms with Crippen LogP contribution in [0.2, 0.25) is 0 Å². The van der Waals surface area contributed by atoms with Gasteiger partial charge in [0.25, 0.3) is 5.91 Å². The van der Waals surface area contributed by atoms with Crippen LogP contribution >= 0.6 is 0 Å². The first kappa shape index (κ1) is 20.3. The van der Waals surface area contributed by atoms with Crippen molar-refractivity contribution in [3.05, 3.63) is 47.1 Å². The maximum absolute atomic E-state index is 12.6. The molecule has 1 aliphatic rings. The molecule has 0 spiro atoms. The summed E-state index contributed by atoms with van der Waals surface area (Å²) in [5.41, 5.74) is -0.495. The van der Waals surface area contributed by atoms with Crippen LogP contribution in [0.1, 0.15) is 47.4 Å². The van der Waals surface area contributed by atoms with Crippen molar-refractivity contribution in [2.24, 2.45) is 0 Å². The summed E-state index contributed by atoms with van der Waals surface area (Å²) in [6, 6.07) is 4.34. The Morgan fingerprint density at radius 2 is 1.82 bits per heavy atom. The van der Waals surface area contributed by atoms with E-state index in [1.54, 1.807) is 4.90 Å². The maximum atomic E-state index is 12.6. The van der Waals surface area contributed by atoms with Gasteiger partial charge < -0.3 is 9.42 Å². The van der Waals surface area contributed by atoms with Gasteiger partial charge in [0.05, 0.1) is 12.1 Å². The lowest BCUT2D eigenvalue weighted by atomic mass is 10.1. The molecule has 28 heavy (non-hydrogen) atoms. The summed E-state index contributed by atoms with van der Waals surface area (Å²) in [6.07, 6.45) is -1.52. The van der Waals surface area contributed by atoms with Crippen molar-refractivity contribution in [2.75, 3.05) is 26.2 Å². The quantitative estimate of drug-likeness (QED) is 0.749. The fraction of sp³-hybridized carbons (Fsp3) is 0.526. The zero-order chi connectivity index (χ0) is 20.1. The van der Waals surface area contributed by atoms with Gasteiger partial charge in [-0.25, -0.2) is 0 Å². The second-order valence-electron chi connectivity index (χ2n) is 6.85. The number of benzene rings is 1. The van der Waals surface area contributed by atoms with Crippen molar-refractivity contribution in [3.8, 4) is 0 Å². The number of rotatable bonds is 6. The number of unbranched alkanes of at least 4 members (excludes halogenated alkanes) is 1. The summed E-state index contributed by atoms with van der Waals surface area (Å²) in [6.45, 7) is 4.90. The largest absolute Gasteiger partial charge is 0.416 e. The number of halogens is 3. The Labute approximate surface area is 161 Å². The van der Waals surface area contributed by atoms with Crippen LogP contribution in [0.5, 0.6) is 0 Å². The molecule has 6 nitrogen and oxygen atoms in total. The molecule has 0 aliphatic carbocycles. The van der Waals surface area contributed by atoms with E-state index in [1.165, 1.54) is 12.1 Å². The summed E-state index contributed by atoms with van der Waals surface area (Å²) < 4.78 is 43.2. The highest BCUT2D eigenvalue weighted by Crippen LogP contribution is 2.29. The van der Waals surface area contributed by atoms with Crippen molar-refractivity contribution < 1.29 is 22.5 Å². The van der Waals surface area contributed by atoms with E-state index >= 15 is 0 Å². The first-order chi connectivity index (χ1) is 13.4. The van der Waals surface area contributed by atoms with Crippen LogP contribution in [-0.2, 0) is 19.1 Å². The molecule has 1 fully saturated rings. The molecule has 0 bridgehead atoms. The molecule has 0 atom stereocenters. The lowest BCUT2D eigenvalue weighted by Crippen LogP contribution is -2.48. The van der Waals surface area contributed by atoms with Crippen LogP contribution in [-0.4, -0.2) is 52.0 Å². The first-order valence-corrected chi connectivity index (χ1v) is 9.37. The highest BCUT2D eigenvalue weighted by Gasteiger charge is 2.30. The molecule has 2 aromatic rings. The average molecular weight is 396 g/mol. The number of nitrogens with zero attached hydrogens (tertiary/aromatic N) is 4. The SMILES string of the molecule is CCCCc1noc(CN2CCN(C(=O)c3ccc(C(F)(F)F)cc3)CC2)n1. The number of aromatic nitrogens is 2. The Morgan fingerprint density at radius 1 is 1.14 bits per heavy atom. The molecule has 0 N–H and O–H groups in total. The molecule has 1 amide bonds. The number of piperazine rings is 1. The van der Waals surface area contributed by atoms with E-state index in [4.69, 9.17) is 4.52 Å². The molecule has 0 unspecified atom stereocenters. The van der Waals surface area contributed by atoms with Gasteiger partial charge in [0.1, 0.15) is 0 Å². The lowest BCUT2D eigenvalue weighted by molar-refractivity contribution is -0.137. The summed E-state index contributed by atoms with van der Waals surface area (Å²) in [7, 11) is 0. The summed E-state index contributed by atoms with van der Waals surface area (Å²) in [5, 5.41) is 3.97. The smallest absolute Gasteiger partial charge is 0.338 e. The van der Waals surface area contributed by atoms with Crippen LogP contribution in [0.25, 0.3) is 0 Å². The number of hydrogen-bond donors (Lipinski definition) is 0. The van der Waals surface area contributed by atoms with Crippen LogP contribution < -0.4 is 0 Å². The third-order valence-corrected chi connectivity index (χ3v) is 4.74. The zero-order valence-electron chi connectivity index (χ0n) is 15.7. The minimum atomic E-state index is -4.40. The Bertz CT molecular complexity index is 781. The van der Waals surface area contributed by atoms with Crippen LogP contribution in [0.3, 0.4) is 0 Å². The molecular formula is C19H23F3N4O2. The molecule has 1 aromatic carbocycles. The van der Waals surface area contributed by atoms with E-state index < -0.39 is 11.7 Å². The van der Waals surface area contributed by atoms with Gasteiger partial charge in [-0.1, -0.05) is 18.5 Å².